The highest BCUT2D eigenvalue weighted by Gasteiger charge is 1.89. The molecule has 0 fully saturated rings. The molecular weight excluding hydrogens is 208 g/mol. The average Bonchev–Trinajstić information content (AvgIpc) is 2.57. The van der Waals surface area contributed by atoms with E-state index < -0.39 is 0 Å². The first-order chi connectivity index (χ1) is 7.18. The van der Waals surface area contributed by atoms with Crippen LogP contribution in [0.3, 0.4) is 0 Å². The van der Waals surface area contributed by atoms with Crippen molar-refractivity contribution in [1.29, 1.82) is 0 Å². The van der Waals surface area contributed by atoms with Crippen molar-refractivity contribution in [2.45, 2.75) is 13.8 Å². The third-order valence-corrected chi connectivity index (χ3v) is 2.44. The lowest BCUT2D eigenvalue weighted by Gasteiger charge is -1.91. The average molecular weight is 220 g/mol. The fourth-order valence-electron chi connectivity index (χ4n) is 0.887. The SMILES string of the molecule is CC(=O)OCC=CC#Cc1ccc(C)s1. The van der Waals surface area contributed by atoms with Crippen LogP contribution in [0.25, 0.3) is 0 Å². The zero-order chi connectivity index (χ0) is 11.1. The molecule has 0 aromatic carbocycles. The van der Waals surface area contributed by atoms with E-state index in [4.69, 9.17) is 4.74 Å². The second-order valence-corrected chi connectivity index (χ2v) is 4.17. The number of carbonyl (C=O) groups is 1. The molecule has 0 saturated carbocycles. The van der Waals surface area contributed by atoms with E-state index in [1.807, 2.05) is 19.1 Å². The predicted molar refractivity (Wildman–Crippen MR) is 61.7 cm³/mol. The number of carbonyl (C=O) groups excluding carboxylic acids is 1. The molecule has 3 heteroatoms. The van der Waals surface area contributed by atoms with Crippen LogP contribution < -0.4 is 0 Å². The standard InChI is InChI=1S/C12H12O2S/c1-10-7-8-12(15-10)6-4-3-5-9-14-11(2)13/h3,5,7-8H,9H2,1-2H3. The normalized spacial score (nSPS) is 9.73. The number of hydrogen-bond donors (Lipinski definition) is 0. The van der Waals surface area contributed by atoms with Crippen molar-refractivity contribution >= 4 is 17.3 Å². The minimum atomic E-state index is -0.276. The Balaban J connectivity index is 2.36. The first-order valence-corrected chi connectivity index (χ1v) is 5.36. The largest absolute Gasteiger partial charge is 0.462 e. The predicted octanol–water partition coefficient (Wildman–Crippen LogP) is 2.53. The number of aryl methyl sites for hydroxylation is 1. The van der Waals surface area contributed by atoms with Gasteiger partial charge in [-0.05, 0) is 31.2 Å². The van der Waals surface area contributed by atoms with Crippen LogP contribution in [0.15, 0.2) is 24.3 Å². The molecule has 0 N–H and O–H groups in total. The topological polar surface area (TPSA) is 26.3 Å². The summed E-state index contributed by atoms with van der Waals surface area (Å²) in [7, 11) is 0. The van der Waals surface area contributed by atoms with Crippen LogP contribution in [0.5, 0.6) is 0 Å². The van der Waals surface area contributed by atoms with Crippen molar-refractivity contribution < 1.29 is 9.53 Å². The summed E-state index contributed by atoms with van der Waals surface area (Å²) in [5.74, 6) is 5.60. The number of thiophene rings is 1. The molecule has 0 aliphatic heterocycles. The van der Waals surface area contributed by atoms with E-state index in [0.29, 0.717) is 0 Å². The smallest absolute Gasteiger partial charge is 0.302 e. The second kappa shape index (κ2) is 6.05. The Kier molecular flexibility index (Phi) is 4.65. The van der Waals surface area contributed by atoms with Gasteiger partial charge in [0.1, 0.15) is 6.61 Å². The van der Waals surface area contributed by atoms with Gasteiger partial charge in [-0.2, -0.15) is 0 Å². The molecule has 0 bridgehead atoms. The zero-order valence-corrected chi connectivity index (χ0v) is 9.56. The first-order valence-electron chi connectivity index (χ1n) is 4.55. The molecule has 0 aliphatic rings. The highest BCUT2D eigenvalue weighted by atomic mass is 32.1. The van der Waals surface area contributed by atoms with Gasteiger partial charge in [-0.1, -0.05) is 11.8 Å². The third kappa shape index (κ3) is 5.04. The van der Waals surface area contributed by atoms with Crippen LogP contribution in [0.1, 0.15) is 16.7 Å². The molecule has 1 aromatic heterocycles. The van der Waals surface area contributed by atoms with Gasteiger partial charge in [-0.25, -0.2) is 0 Å². The molecule has 1 heterocycles. The Bertz CT molecular complexity index is 418. The second-order valence-electron chi connectivity index (χ2n) is 2.88. The van der Waals surface area contributed by atoms with Crippen molar-refractivity contribution in [2.75, 3.05) is 6.61 Å². The highest BCUT2D eigenvalue weighted by molar-refractivity contribution is 7.12. The molecule has 15 heavy (non-hydrogen) atoms. The van der Waals surface area contributed by atoms with E-state index in [1.165, 1.54) is 11.8 Å². The number of hydrogen-bond acceptors (Lipinski definition) is 3. The maximum Gasteiger partial charge on any atom is 0.302 e. The molecule has 0 spiro atoms. The number of allylic oxidation sites excluding steroid dienone is 1. The number of esters is 1. The molecule has 0 amide bonds. The minimum Gasteiger partial charge on any atom is -0.462 e. The van der Waals surface area contributed by atoms with Crippen molar-refractivity contribution in [3.8, 4) is 11.8 Å². The highest BCUT2D eigenvalue weighted by Crippen LogP contribution is 2.12. The number of ether oxygens (including phenoxy) is 1. The lowest BCUT2D eigenvalue weighted by atomic mass is 10.4. The molecule has 1 rings (SSSR count). The van der Waals surface area contributed by atoms with E-state index in [1.54, 1.807) is 23.5 Å². The summed E-state index contributed by atoms with van der Waals surface area (Å²) in [4.78, 5) is 12.7. The van der Waals surface area contributed by atoms with Crippen LogP contribution in [0.4, 0.5) is 0 Å². The molecule has 1 aromatic rings. The summed E-state index contributed by atoms with van der Waals surface area (Å²) in [6.45, 7) is 3.72. The summed E-state index contributed by atoms with van der Waals surface area (Å²) in [6.07, 6.45) is 3.41. The molecule has 0 radical (unpaired) electrons. The Labute approximate surface area is 93.6 Å². The van der Waals surface area contributed by atoms with Gasteiger partial charge in [0.25, 0.3) is 0 Å². The summed E-state index contributed by atoms with van der Waals surface area (Å²) in [6, 6.07) is 4.03. The van der Waals surface area contributed by atoms with Gasteiger partial charge in [-0.3, -0.25) is 4.79 Å². The Morgan fingerprint density at radius 1 is 1.60 bits per heavy atom. The van der Waals surface area contributed by atoms with E-state index in [9.17, 15) is 4.79 Å². The molecule has 78 valence electrons. The summed E-state index contributed by atoms with van der Waals surface area (Å²) >= 11 is 1.66. The monoisotopic (exact) mass is 220 g/mol. The Morgan fingerprint density at radius 2 is 2.40 bits per heavy atom. The van der Waals surface area contributed by atoms with E-state index in [0.717, 1.165) is 4.88 Å². The molecule has 0 atom stereocenters. The maximum atomic E-state index is 10.4. The first kappa shape index (κ1) is 11.5. The Hall–Kier alpha value is -1.53. The van der Waals surface area contributed by atoms with Crippen LogP contribution in [-0.4, -0.2) is 12.6 Å². The molecular formula is C12H12O2S. The van der Waals surface area contributed by atoms with Crippen molar-refractivity contribution in [3.63, 3.8) is 0 Å². The van der Waals surface area contributed by atoms with Crippen molar-refractivity contribution in [2.24, 2.45) is 0 Å². The van der Waals surface area contributed by atoms with E-state index in [2.05, 4.69) is 11.8 Å². The number of rotatable bonds is 2. The lowest BCUT2D eigenvalue weighted by Crippen LogP contribution is -1.96. The van der Waals surface area contributed by atoms with Crippen LogP contribution in [0.2, 0.25) is 0 Å². The van der Waals surface area contributed by atoms with Gasteiger partial charge in [0, 0.05) is 11.8 Å². The van der Waals surface area contributed by atoms with Gasteiger partial charge < -0.3 is 4.74 Å². The van der Waals surface area contributed by atoms with Crippen molar-refractivity contribution in [3.05, 3.63) is 34.0 Å². The quantitative estimate of drug-likeness (QED) is 0.565. The molecule has 0 unspecified atom stereocenters. The molecule has 0 aliphatic carbocycles. The third-order valence-electron chi connectivity index (χ3n) is 1.52. The van der Waals surface area contributed by atoms with Gasteiger partial charge in [0.15, 0.2) is 0 Å². The molecule has 0 saturated heterocycles. The fraction of sp³-hybridized carbons (Fsp3) is 0.250. The minimum absolute atomic E-state index is 0.276. The van der Waals surface area contributed by atoms with Gasteiger partial charge in [0.05, 0.1) is 4.88 Å². The van der Waals surface area contributed by atoms with Gasteiger partial charge >= 0.3 is 5.97 Å². The summed E-state index contributed by atoms with van der Waals surface area (Å²) in [5, 5.41) is 0. The van der Waals surface area contributed by atoms with E-state index >= 15 is 0 Å². The van der Waals surface area contributed by atoms with Crippen molar-refractivity contribution in [1.82, 2.24) is 0 Å². The zero-order valence-electron chi connectivity index (χ0n) is 8.74. The summed E-state index contributed by atoms with van der Waals surface area (Å²) in [5.41, 5.74) is 0. The van der Waals surface area contributed by atoms with Crippen LogP contribution >= 0.6 is 11.3 Å². The fourth-order valence-corrected chi connectivity index (χ4v) is 1.62. The van der Waals surface area contributed by atoms with Gasteiger partial charge in [0.2, 0.25) is 0 Å². The van der Waals surface area contributed by atoms with Crippen LogP contribution in [-0.2, 0) is 9.53 Å². The van der Waals surface area contributed by atoms with Gasteiger partial charge in [-0.15, -0.1) is 11.3 Å². The van der Waals surface area contributed by atoms with Crippen LogP contribution in [0, 0.1) is 18.8 Å². The molecule has 2 nitrogen and oxygen atoms in total. The maximum absolute atomic E-state index is 10.4. The van der Waals surface area contributed by atoms with E-state index in [-0.39, 0.29) is 12.6 Å². The Morgan fingerprint density at radius 3 is 3.00 bits per heavy atom. The summed E-state index contributed by atoms with van der Waals surface area (Å²) < 4.78 is 4.71. The lowest BCUT2D eigenvalue weighted by molar-refractivity contribution is -0.139.